The largest absolute Gasteiger partial charge is 0.507 e. The summed E-state index contributed by atoms with van der Waals surface area (Å²) >= 11 is 0.993. The summed E-state index contributed by atoms with van der Waals surface area (Å²) in [6.07, 6.45) is -5.21. The maximum Gasteiger partial charge on any atom is 0.229 e. The quantitative estimate of drug-likeness (QED) is 0.449. The third-order valence-electron chi connectivity index (χ3n) is 5.21. The molecule has 1 saturated heterocycles. The molecule has 0 amide bonds. The zero-order chi connectivity index (χ0) is 22.0. The summed E-state index contributed by atoms with van der Waals surface area (Å²) < 4.78 is 11.2. The molecule has 1 aromatic carbocycles. The molecule has 0 aliphatic carbocycles. The summed E-state index contributed by atoms with van der Waals surface area (Å²) in [5, 5.41) is 50.2. The molecule has 5 atom stereocenters. The highest BCUT2D eigenvalue weighted by molar-refractivity contribution is 8.13. The van der Waals surface area contributed by atoms with Crippen molar-refractivity contribution in [1.82, 2.24) is 0 Å². The molecule has 2 rings (SSSR count). The predicted octanol–water partition coefficient (Wildman–Crippen LogP) is 1.07. The average Bonchev–Trinajstić information content (AvgIpc) is 2.70. The van der Waals surface area contributed by atoms with Crippen LogP contribution in [0.25, 0.3) is 0 Å². The lowest BCUT2D eigenvalue weighted by atomic mass is 9.87. The van der Waals surface area contributed by atoms with Crippen molar-refractivity contribution in [2.24, 2.45) is 0 Å². The van der Waals surface area contributed by atoms with Crippen molar-refractivity contribution in [3.63, 3.8) is 0 Å². The maximum atomic E-state index is 12.8. The molecule has 0 unspecified atom stereocenters. The number of aliphatic hydroxyl groups is 4. The number of hydrogen-bond donors (Lipinski definition) is 5. The fourth-order valence-corrected chi connectivity index (χ4v) is 4.06. The minimum atomic E-state index is -1.63. The van der Waals surface area contributed by atoms with Crippen LogP contribution in [0.5, 0.6) is 11.5 Å². The van der Waals surface area contributed by atoms with Gasteiger partial charge >= 0.3 is 0 Å². The summed E-state index contributed by atoms with van der Waals surface area (Å²) in [6, 6.07) is 0. The number of ether oxygens (including phenoxy) is 2. The molecule has 1 aromatic rings. The standard InChI is InChI=1S/C20H30O8S/c1-6-10-12(8(2)3)13(19(26)29-5)18(9(4)14(10)22)28-20-17(25)16(24)15(23)11(7-21)27-20/h8,11,15-17,20-25H,6-7H2,1-5H3/t11-,15-,16+,17-,20+/m1/s1. The number of rotatable bonds is 6. The Morgan fingerprint density at radius 2 is 1.83 bits per heavy atom. The van der Waals surface area contributed by atoms with Crippen LogP contribution in [0, 0.1) is 6.92 Å². The van der Waals surface area contributed by atoms with Gasteiger partial charge in [0, 0.05) is 5.56 Å². The van der Waals surface area contributed by atoms with Crippen molar-refractivity contribution < 1.29 is 39.8 Å². The van der Waals surface area contributed by atoms with Crippen molar-refractivity contribution in [2.75, 3.05) is 12.9 Å². The highest BCUT2D eigenvalue weighted by atomic mass is 32.2. The van der Waals surface area contributed by atoms with Crippen LogP contribution in [0.4, 0.5) is 0 Å². The first-order valence-electron chi connectivity index (χ1n) is 9.54. The van der Waals surface area contributed by atoms with Crippen LogP contribution in [0.1, 0.15) is 53.7 Å². The summed E-state index contributed by atoms with van der Waals surface area (Å²) in [7, 11) is 0. The second-order valence-electron chi connectivity index (χ2n) is 7.38. The smallest absolute Gasteiger partial charge is 0.229 e. The van der Waals surface area contributed by atoms with Gasteiger partial charge in [-0.2, -0.15) is 0 Å². The van der Waals surface area contributed by atoms with Gasteiger partial charge in [0.05, 0.1) is 12.2 Å². The number of thioether (sulfide) groups is 1. The summed E-state index contributed by atoms with van der Waals surface area (Å²) in [5.41, 5.74) is 1.88. The van der Waals surface area contributed by atoms with Crippen molar-refractivity contribution >= 4 is 16.9 Å². The molecule has 1 heterocycles. The van der Waals surface area contributed by atoms with Crippen molar-refractivity contribution in [1.29, 1.82) is 0 Å². The molecule has 1 fully saturated rings. The lowest BCUT2D eigenvalue weighted by Gasteiger charge is -2.40. The van der Waals surface area contributed by atoms with E-state index >= 15 is 0 Å². The van der Waals surface area contributed by atoms with Crippen LogP contribution in [-0.4, -0.2) is 74.2 Å². The van der Waals surface area contributed by atoms with Crippen molar-refractivity contribution in [3.05, 3.63) is 22.3 Å². The zero-order valence-corrected chi connectivity index (χ0v) is 18.1. The Bertz CT molecular complexity index is 749. The van der Waals surface area contributed by atoms with Gasteiger partial charge in [0.25, 0.3) is 0 Å². The minimum Gasteiger partial charge on any atom is -0.507 e. The van der Waals surface area contributed by atoms with E-state index in [0.29, 0.717) is 23.1 Å². The topological polar surface area (TPSA) is 137 Å². The first-order valence-corrected chi connectivity index (χ1v) is 10.8. The van der Waals surface area contributed by atoms with Gasteiger partial charge in [-0.3, -0.25) is 4.79 Å². The second-order valence-corrected chi connectivity index (χ2v) is 8.16. The summed E-state index contributed by atoms with van der Waals surface area (Å²) in [6.45, 7) is 6.68. The first kappa shape index (κ1) is 23.9. The third-order valence-corrected chi connectivity index (χ3v) is 5.78. The van der Waals surface area contributed by atoms with E-state index in [1.165, 1.54) is 0 Å². The molecule has 1 aliphatic rings. The molecule has 29 heavy (non-hydrogen) atoms. The highest BCUT2D eigenvalue weighted by Crippen LogP contribution is 2.43. The molecule has 5 N–H and O–H groups in total. The monoisotopic (exact) mass is 430 g/mol. The first-order chi connectivity index (χ1) is 13.6. The Kier molecular flexibility index (Phi) is 7.94. The number of aromatic hydroxyl groups is 1. The minimum absolute atomic E-state index is 0.00607. The van der Waals surface area contributed by atoms with Crippen molar-refractivity contribution in [2.45, 2.75) is 70.7 Å². The van der Waals surface area contributed by atoms with Crippen molar-refractivity contribution in [3.8, 4) is 11.5 Å². The van der Waals surface area contributed by atoms with Gasteiger partial charge in [-0.15, -0.1) is 0 Å². The van der Waals surface area contributed by atoms with Gasteiger partial charge < -0.3 is 35.0 Å². The fourth-order valence-electron chi connectivity index (χ4n) is 3.65. The molecule has 0 bridgehead atoms. The number of carbonyl (C=O) groups is 1. The number of benzene rings is 1. The Morgan fingerprint density at radius 1 is 1.21 bits per heavy atom. The second kappa shape index (κ2) is 9.63. The Morgan fingerprint density at radius 3 is 2.31 bits per heavy atom. The molecular weight excluding hydrogens is 400 g/mol. The van der Waals surface area contributed by atoms with Gasteiger partial charge in [0.15, 0.2) is 0 Å². The Balaban J connectivity index is 2.64. The molecule has 1 aliphatic heterocycles. The number of aliphatic hydroxyl groups excluding tert-OH is 4. The third kappa shape index (κ3) is 4.40. The summed E-state index contributed by atoms with van der Waals surface area (Å²) in [5.74, 6) is -0.0553. The maximum absolute atomic E-state index is 12.8. The van der Waals surface area contributed by atoms with Crippen LogP contribution in [0.15, 0.2) is 0 Å². The number of carbonyl (C=O) groups excluding carboxylic acids is 1. The van der Waals surface area contributed by atoms with Crippen LogP contribution >= 0.6 is 11.8 Å². The van der Waals surface area contributed by atoms with E-state index in [1.807, 2.05) is 20.8 Å². The van der Waals surface area contributed by atoms with E-state index in [1.54, 1.807) is 13.2 Å². The van der Waals surface area contributed by atoms with Gasteiger partial charge in [-0.25, -0.2) is 0 Å². The Labute approximate surface area is 174 Å². The van der Waals surface area contributed by atoms with Gasteiger partial charge in [-0.05, 0) is 36.6 Å². The number of hydrogen-bond acceptors (Lipinski definition) is 9. The normalized spacial score (nSPS) is 27.3. The van der Waals surface area contributed by atoms with E-state index in [0.717, 1.165) is 11.8 Å². The fraction of sp³-hybridized carbons (Fsp3) is 0.650. The number of phenolic OH excluding ortho intramolecular Hbond substituents is 1. The molecule has 8 nitrogen and oxygen atoms in total. The SMILES string of the molecule is CCc1c(O)c(C)c(O[C@@H]2O[C@H](CO)[C@@H](O)[C@H](O)[C@H]2O)c(C(=O)SC)c1C(C)C. The summed E-state index contributed by atoms with van der Waals surface area (Å²) in [4.78, 5) is 12.8. The lowest BCUT2D eigenvalue weighted by molar-refractivity contribution is -0.277. The molecular formula is C20H30O8S. The van der Waals surface area contributed by atoms with Crippen LogP contribution < -0.4 is 4.74 Å². The molecule has 0 aromatic heterocycles. The molecule has 9 heteroatoms. The van der Waals surface area contributed by atoms with E-state index in [-0.39, 0.29) is 28.1 Å². The highest BCUT2D eigenvalue weighted by Gasteiger charge is 2.45. The lowest BCUT2D eigenvalue weighted by Crippen LogP contribution is -2.60. The van der Waals surface area contributed by atoms with E-state index < -0.39 is 37.3 Å². The van der Waals surface area contributed by atoms with Gasteiger partial charge in [-0.1, -0.05) is 32.5 Å². The average molecular weight is 431 g/mol. The van der Waals surface area contributed by atoms with Gasteiger partial charge in [0.1, 0.15) is 35.9 Å². The Hall–Kier alpha value is -1.36. The molecule has 0 radical (unpaired) electrons. The molecule has 164 valence electrons. The van der Waals surface area contributed by atoms with E-state index in [9.17, 15) is 30.3 Å². The van der Waals surface area contributed by atoms with Crippen LogP contribution in [0.3, 0.4) is 0 Å². The van der Waals surface area contributed by atoms with Crippen LogP contribution in [0.2, 0.25) is 0 Å². The zero-order valence-electron chi connectivity index (χ0n) is 17.2. The molecule has 0 spiro atoms. The predicted molar refractivity (Wildman–Crippen MR) is 109 cm³/mol. The molecule has 0 saturated carbocycles. The van der Waals surface area contributed by atoms with E-state index in [4.69, 9.17) is 9.47 Å². The number of phenols is 1. The van der Waals surface area contributed by atoms with E-state index in [2.05, 4.69) is 0 Å². The van der Waals surface area contributed by atoms with Crippen LogP contribution in [-0.2, 0) is 11.2 Å². The van der Waals surface area contributed by atoms with Gasteiger partial charge in [0.2, 0.25) is 11.4 Å².